The Morgan fingerprint density at radius 3 is 2.75 bits per heavy atom. The third kappa shape index (κ3) is 3.79. The van der Waals surface area contributed by atoms with E-state index >= 15 is 0 Å². The molecule has 0 amide bonds. The first-order valence-electron chi connectivity index (χ1n) is 7.15. The maximum absolute atomic E-state index is 11.6. The zero-order valence-corrected chi connectivity index (χ0v) is 13.2. The summed E-state index contributed by atoms with van der Waals surface area (Å²) in [6.45, 7) is 8.83. The maximum atomic E-state index is 11.6. The van der Waals surface area contributed by atoms with Crippen molar-refractivity contribution >= 4 is 12.2 Å². The van der Waals surface area contributed by atoms with Gasteiger partial charge in [0.2, 0.25) is 0 Å². The third-order valence-corrected chi connectivity index (χ3v) is 3.70. The second-order valence-corrected chi connectivity index (χ2v) is 5.17. The summed E-state index contributed by atoms with van der Waals surface area (Å²) in [5, 5.41) is 0. The van der Waals surface area contributed by atoms with Crippen LogP contribution in [0.3, 0.4) is 0 Å². The van der Waals surface area contributed by atoms with Gasteiger partial charge in [0, 0.05) is 6.21 Å². The summed E-state index contributed by atoms with van der Waals surface area (Å²) in [6, 6.07) is 0. The van der Waals surface area contributed by atoms with Crippen LogP contribution in [0.5, 0.6) is 0 Å². The number of esters is 1. The van der Waals surface area contributed by atoms with Crippen LogP contribution in [-0.4, -0.2) is 31.5 Å². The van der Waals surface area contributed by atoms with Crippen LogP contribution in [0.4, 0.5) is 0 Å². The molecule has 0 bridgehead atoms. The fourth-order valence-electron chi connectivity index (χ4n) is 2.30. The normalized spacial score (nSPS) is 23.8. The lowest BCUT2D eigenvalue weighted by molar-refractivity contribution is -0.136. The average molecular weight is 279 g/mol. The largest absolute Gasteiger partial charge is 0.464 e. The molecule has 4 nitrogen and oxygen atoms in total. The van der Waals surface area contributed by atoms with Crippen molar-refractivity contribution in [2.75, 3.05) is 13.7 Å². The Kier molecular flexibility index (Phi) is 6.14. The summed E-state index contributed by atoms with van der Waals surface area (Å²) in [7, 11) is 1.36. The van der Waals surface area contributed by atoms with Gasteiger partial charge in [0.05, 0.1) is 19.3 Å². The van der Waals surface area contributed by atoms with Gasteiger partial charge < -0.3 is 9.47 Å². The smallest absolute Gasteiger partial charge is 0.356 e. The molecule has 1 aliphatic heterocycles. The first-order valence-corrected chi connectivity index (χ1v) is 7.15. The molecule has 1 heterocycles. The molecule has 0 radical (unpaired) electrons. The van der Waals surface area contributed by atoms with Crippen LogP contribution in [0.1, 0.15) is 47.0 Å². The van der Waals surface area contributed by atoms with Gasteiger partial charge in [-0.05, 0) is 37.8 Å². The van der Waals surface area contributed by atoms with Crippen molar-refractivity contribution < 1.29 is 14.3 Å². The van der Waals surface area contributed by atoms with Crippen molar-refractivity contribution in [1.29, 1.82) is 0 Å². The monoisotopic (exact) mass is 279 g/mol. The molecule has 112 valence electrons. The number of rotatable bonds is 6. The first-order chi connectivity index (χ1) is 9.48. The highest BCUT2D eigenvalue weighted by atomic mass is 16.5. The summed E-state index contributed by atoms with van der Waals surface area (Å²) in [4.78, 5) is 15.8. The molecule has 1 rings (SSSR count). The first kappa shape index (κ1) is 16.6. The van der Waals surface area contributed by atoms with Gasteiger partial charge in [-0.25, -0.2) is 9.79 Å². The fourth-order valence-corrected chi connectivity index (χ4v) is 2.30. The summed E-state index contributed by atoms with van der Waals surface area (Å²) in [5.41, 5.74) is 2.39. The lowest BCUT2D eigenvalue weighted by Crippen LogP contribution is -2.25. The minimum absolute atomic E-state index is 0.198. The van der Waals surface area contributed by atoms with Gasteiger partial charge in [0.15, 0.2) is 0 Å². The van der Waals surface area contributed by atoms with Crippen LogP contribution >= 0.6 is 0 Å². The van der Waals surface area contributed by atoms with E-state index in [4.69, 9.17) is 9.47 Å². The number of methoxy groups -OCH3 is 1. The molecule has 0 aliphatic carbocycles. The van der Waals surface area contributed by atoms with Gasteiger partial charge in [0.1, 0.15) is 5.70 Å². The molecule has 1 aliphatic rings. The van der Waals surface area contributed by atoms with E-state index in [0.29, 0.717) is 12.3 Å². The second kappa shape index (κ2) is 7.39. The Labute approximate surface area is 121 Å². The molecule has 0 saturated carbocycles. The number of nitrogens with zero attached hydrogens (tertiary/aromatic N) is 1. The predicted molar refractivity (Wildman–Crippen MR) is 80.8 cm³/mol. The molecular formula is C16H25NO3. The SMILES string of the molecule is CC/C=C(/N=C\C1=C(C)C(C)(CCC)OC1)C(=O)OC. The van der Waals surface area contributed by atoms with E-state index in [1.165, 1.54) is 12.7 Å². The Hall–Kier alpha value is -1.42. The Morgan fingerprint density at radius 2 is 2.20 bits per heavy atom. The highest BCUT2D eigenvalue weighted by Crippen LogP contribution is 2.34. The summed E-state index contributed by atoms with van der Waals surface area (Å²) < 4.78 is 10.6. The minimum atomic E-state index is -0.406. The standard InChI is InChI=1S/C16H25NO3/c1-6-8-14(15(18)19-5)17-10-13-11-20-16(4,9-7-2)12(13)3/h8,10H,6-7,9,11H2,1-5H3/b14-8+,17-10-. The van der Waals surface area contributed by atoms with Crippen molar-refractivity contribution in [2.24, 2.45) is 4.99 Å². The van der Waals surface area contributed by atoms with E-state index in [1.807, 2.05) is 6.92 Å². The number of carbonyl (C=O) groups is 1. The third-order valence-electron chi connectivity index (χ3n) is 3.70. The number of aliphatic imine (C=N–C) groups is 1. The Balaban J connectivity index is 2.92. The Morgan fingerprint density at radius 1 is 1.50 bits per heavy atom. The average Bonchev–Trinajstić information content (AvgIpc) is 2.71. The van der Waals surface area contributed by atoms with Gasteiger partial charge in [-0.1, -0.05) is 26.3 Å². The zero-order chi connectivity index (χ0) is 15.2. The second-order valence-electron chi connectivity index (χ2n) is 5.17. The van der Waals surface area contributed by atoms with Crippen molar-refractivity contribution in [3.05, 3.63) is 22.9 Å². The van der Waals surface area contributed by atoms with E-state index in [9.17, 15) is 4.79 Å². The van der Waals surface area contributed by atoms with Crippen LogP contribution in [0.25, 0.3) is 0 Å². The Bertz CT molecular complexity index is 449. The van der Waals surface area contributed by atoms with Gasteiger partial charge >= 0.3 is 5.97 Å². The zero-order valence-electron chi connectivity index (χ0n) is 13.2. The molecule has 0 aromatic rings. The summed E-state index contributed by atoms with van der Waals surface area (Å²) in [5.74, 6) is -0.406. The number of hydrogen-bond donors (Lipinski definition) is 0. The van der Waals surface area contributed by atoms with E-state index in [1.54, 1.807) is 12.3 Å². The number of ether oxygens (including phenoxy) is 2. The van der Waals surface area contributed by atoms with Crippen molar-refractivity contribution in [1.82, 2.24) is 0 Å². The fraction of sp³-hybridized carbons (Fsp3) is 0.625. The van der Waals surface area contributed by atoms with Crippen molar-refractivity contribution in [3.63, 3.8) is 0 Å². The van der Waals surface area contributed by atoms with Gasteiger partial charge in [-0.2, -0.15) is 0 Å². The molecule has 0 spiro atoms. The molecule has 20 heavy (non-hydrogen) atoms. The van der Waals surface area contributed by atoms with Crippen LogP contribution in [0.2, 0.25) is 0 Å². The van der Waals surface area contributed by atoms with E-state index in [0.717, 1.165) is 24.8 Å². The van der Waals surface area contributed by atoms with E-state index in [-0.39, 0.29) is 5.60 Å². The molecule has 0 N–H and O–H groups in total. The molecule has 0 fully saturated rings. The van der Waals surface area contributed by atoms with Gasteiger partial charge in [-0.15, -0.1) is 0 Å². The lowest BCUT2D eigenvalue weighted by atomic mass is 9.91. The van der Waals surface area contributed by atoms with Crippen LogP contribution in [0, 0.1) is 0 Å². The summed E-state index contributed by atoms with van der Waals surface area (Å²) >= 11 is 0. The van der Waals surface area contributed by atoms with Gasteiger partial charge in [-0.3, -0.25) is 0 Å². The van der Waals surface area contributed by atoms with E-state index < -0.39 is 5.97 Å². The molecular weight excluding hydrogens is 254 g/mol. The summed E-state index contributed by atoms with van der Waals surface area (Å²) in [6.07, 6.45) is 6.30. The maximum Gasteiger partial charge on any atom is 0.356 e. The number of allylic oxidation sites excluding steroid dienone is 1. The van der Waals surface area contributed by atoms with Crippen LogP contribution in [-0.2, 0) is 14.3 Å². The van der Waals surface area contributed by atoms with Crippen molar-refractivity contribution in [2.45, 2.75) is 52.6 Å². The highest BCUT2D eigenvalue weighted by Gasteiger charge is 2.33. The molecule has 4 heteroatoms. The lowest BCUT2D eigenvalue weighted by Gasteiger charge is -2.24. The molecule has 0 saturated heterocycles. The number of carbonyl (C=O) groups excluding carboxylic acids is 1. The van der Waals surface area contributed by atoms with E-state index in [2.05, 4.69) is 25.8 Å². The minimum Gasteiger partial charge on any atom is -0.464 e. The highest BCUT2D eigenvalue weighted by molar-refractivity contribution is 5.92. The molecule has 1 unspecified atom stereocenters. The topological polar surface area (TPSA) is 47.9 Å². The van der Waals surface area contributed by atoms with Crippen molar-refractivity contribution in [3.8, 4) is 0 Å². The van der Waals surface area contributed by atoms with Gasteiger partial charge in [0.25, 0.3) is 0 Å². The van der Waals surface area contributed by atoms with Crippen LogP contribution in [0.15, 0.2) is 27.9 Å². The molecule has 0 aromatic heterocycles. The quantitative estimate of drug-likeness (QED) is 0.425. The molecule has 0 aromatic carbocycles. The molecule has 1 atom stereocenters. The van der Waals surface area contributed by atoms with Crippen LogP contribution < -0.4 is 0 Å². The predicted octanol–water partition coefficient (Wildman–Crippen LogP) is 3.43. The number of hydrogen-bond acceptors (Lipinski definition) is 4.